The fraction of sp³-hybridized carbons (Fsp3) is 0.333. The van der Waals surface area contributed by atoms with E-state index < -0.39 is 0 Å². The Kier molecular flexibility index (Phi) is 7.84. The number of para-hydroxylation sites is 1. The second-order valence-corrected chi connectivity index (χ2v) is 7.06. The smallest absolute Gasteiger partial charge is 0.323 e. The summed E-state index contributed by atoms with van der Waals surface area (Å²) in [5, 5.41) is 8.66. The molecule has 0 saturated heterocycles. The molecule has 1 saturated carbocycles. The van der Waals surface area contributed by atoms with Gasteiger partial charge in [0, 0.05) is 29.0 Å². The molecule has 2 aromatic carbocycles. The van der Waals surface area contributed by atoms with Crippen LogP contribution in [0.3, 0.4) is 0 Å². The summed E-state index contributed by atoms with van der Waals surface area (Å²) in [5.74, 6) is -0.123. The van der Waals surface area contributed by atoms with Gasteiger partial charge in [0.2, 0.25) is 0 Å². The van der Waals surface area contributed by atoms with E-state index in [1.54, 1.807) is 12.1 Å². The van der Waals surface area contributed by atoms with E-state index in [0.717, 1.165) is 31.2 Å². The highest BCUT2D eigenvalue weighted by Gasteiger charge is 2.21. The largest absolute Gasteiger partial charge is 0.349 e. The summed E-state index contributed by atoms with van der Waals surface area (Å²) in [6.07, 6.45) is 3.68. The SMILES string of the molecule is Cc1ccc(C(=O)NC2CCC(N)CC2)cc1NC(=O)Nc1ccccc1.Cl. The number of benzene rings is 2. The van der Waals surface area contributed by atoms with Crippen LogP contribution in [0.25, 0.3) is 0 Å². The fourth-order valence-electron chi connectivity index (χ4n) is 3.24. The van der Waals surface area contributed by atoms with Crippen molar-refractivity contribution in [3.8, 4) is 0 Å². The Bertz CT molecular complexity index is 805. The third kappa shape index (κ3) is 5.97. The lowest BCUT2D eigenvalue weighted by Crippen LogP contribution is -2.40. The highest BCUT2D eigenvalue weighted by atomic mass is 35.5. The Labute approximate surface area is 171 Å². The van der Waals surface area contributed by atoms with Crippen molar-refractivity contribution >= 4 is 35.7 Å². The topological polar surface area (TPSA) is 96.2 Å². The lowest BCUT2D eigenvalue weighted by molar-refractivity contribution is 0.0926. The normalized spacial score (nSPS) is 18.5. The number of hydrogen-bond donors (Lipinski definition) is 4. The Morgan fingerprint density at radius 1 is 0.964 bits per heavy atom. The third-order valence-electron chi connectivity index (χ3n) is 4.89. The first-order chi connectivity index (χ1) is 13.0. The van der Waals surface area contributed by atoms with Crippen LogP contribution < -0.4 is 21.7 Å². The number of halogens is 1. The quantitative estimate of drug-likeness (QED) is 0.620. The summed E-state index contributed by atoms with van der Waals surface area (Å²) in [7, 11) is 0. The molecule has 5 N–H and O–H groups in total. The predicted octanol–water partition coefficient (Wildman–Crippen LogP) is 4.06. The number of carbonyl (C=O) groups excluding carboxylic acids is 2. The molecule has 1 aliphatic rings. The highest BCUT2D eigenvalue weighted by Crippen LogP contribution is 2.20. The predicted molar refractivity (Wildman–Crippen MR) is 115 cm³/mol. The van der Waals surface area contributed by atoms with Gasteiger partial charge in [-0.1, -0.05) is 24.3 Å². The van der Waals surface area contributed by atoms with Crippen molar-refractivity contribution in [2.75, 3.05) is 10.6 Å². The van der Waals surface area contributed by atoms with E-state index in [4.69, 9.17) is 5.73 Å². The van der Waals surface area contributed by atoms with Crippen LogP contribution in [0.2, 0.25) is 0 Å². The van der Waals surface area contributed by atoms with Gasteiger partial charge in [0.15, 0.2) is 0 Å². The van der Waals surface area contributed by atoms with Crippen molar-refractivity contribution in [1.29, 1.82) is 0 Å². The fourth-order valence-corrected chi connectivity index (χ4v) is 3.24. The van der Waals surface area contributed by atoms with Gasteiger partial charge in [-0.2, -0.15) is 0 Å². The van der Waals surface area contributed by atoms with Gasteiger partial charge < -0.3 is 21.7 Å². The van der Waals surface area contributed by atoms with E-state index in [1.807, 2.05) is 43.3 Å². The van der Waals surface area contributed by atoms with E-state index in [0.29, 0.717) is 16.9 Å². The summed E-state index contributed by atoms with van der Waals surface area (Å²) in [5.41, 5.74) is 8.66. The number of anilines is 2. The molecule has 28 heavy (non-hydrogen) atoms. The van der Waals surface area contributed by atoms with Crippen molar-refractivity contribution in [2.45, 2.75) is 44.7 Å². The van der Waals surface area contributed by atoms with Gasteiger partial charge in [0.1, 0.15) is 0 Å². The molecular formula is C21H27ClN4O2. The van der Waals surface area contributed by atoms with Crippen molar-refractivity contribution < 1.29 is 9.59 Å². The van der Waals surface area contributed by atoms with E-state index in [9.17, 15) is 9.59 Å². The lowest BCUT2D eigenvalue weighted by Gasteiger charge is -2.26. The van der Waals surface area contributed by atoms with Crippen molar-refractivity contribution in [3.63, 3.8) is 0 Å². The van der Waals surface area contributed by atoms with Crippen molar-refractivity contribution in [2.24, 2.45) is 5.73 Å². The van der Waals surface area contributed by atoms with Crippen LogP contribution >= 0.6 is 12.4 Å². The second-order valence-electron chi connectivity index (χ2n) is 7.06. The molecule has 1 aliphatic carbocycles. The Balaban J connectivity index is 0.00000280. The maximum atomic E-state index is 12.6. The minimum Gasteiger partial charge on any atom is -0.349 e. The van der Waals surface area contributed by atoms with Gasteiger partial charge in [0.05, 0.1) is 0 Å². The van der Waals surface area contributed by atoms with E-state index in [-0.39, 0.29) is 36.4 Å². The Morgan fingerprint density at radius 3 is 2.32 bits per heavy atom. The maximum absolute atomic E-state index is 12.6. The molecule has 3 rings (SSSR count). The number of amides is 3. The van der Waals surface area contributed by atoms with Gasteiger partial charge in [-0.15, -0.1) is 12.4 Å². The van der Waals surface area contributed by atoms with Gasteiger partial charge in [-0.3, -0.25) is 4.79 Å². The second kappa shape index (κ2) is 10.1. The van der Waals surface area contributed by atoms with Gasteiger partial charge in [-0.05, 0) is 62.4 Å². The maximum Gasteiger partial charge on any atom is 0.323 e. The number of carbonyl (C=O) groups is 2. The number of urea groups is 1. The van der Waals surface area contributed by atoms with Crippen LogP contribution in [-0.4, -0.2) is 24.0 Å². The molecule has 7 heteroatoms. The molecule has 0 unspecified atom stereocenters. The van der Waals surface area contributed by atoms with E-state index in [2.05, 4.69) is 16.0 Å². The average molecular weight is 403 g/mol. The van der Waals surface area contributed by atoms with Crippen LogP contribution in [0.5, 0.6) is 0 Å². The van der Waals surface area contributed by atoms with Crippen LogP contribution in [-0.2, 0) is 0 Å². The summed E-state index contributed by atoms with van der Waals surface area (Å²) >= 11 is 0. The first-order valence-corrected chi connectivity index (χ1v) is 9.31. The summed E-state index contributed by atoms with van der Waals surface area (Å²) in [6.45, 7) is 1.89. The molecule has 0 aromatic heterocycles. The van der Waals surface area contributed by atoms with Crippen molar-refractivity contribution in [3.05, 3.63) is 59.7 Å². The molecule has 6 nitrogen and oxygen atoms in total. The molecular weight excluding hydrogens is 376 g/mol. The van der Waals surface area contributed by atoms with Crippen LogP contribution in [0.4, 0.5) is 16.2 Å². The average Bonchev–Trinajstić information content (AvgIpc) is 2.66. The zero-order chi connectivity index (χ0) is 19.2. The van der Waals surface area contributed by atoms with Gasteiger partial charge in [-0.25, -0.2) is 4.79 Å². The van der Waals surface area contributed by atoms with Gasteiger partial charge >= 0.3 is 6.03 Å². The number of nitrogens with one attached hydrogen (secondary N) is 3. The molecule has 0 aliphatic heterocycles. The number of hydrogen-bond acceptors (Lipinski definition) is 3. The first kappa shape index (κ1) is 21.7. The molecule has 0 atom stereocenters. The lowest BCUT2D eigenvalue weighted by atomic mass is 9.91. The molecule has 0 radical (unpaired) electrons. The Morgan fingerprint density at radius 2 is 1.64 bits per heavy atom. The first-order valence-electron chi connectivity index (χ1n) is 9.31. The number of nitrogens with two attached hydrogens (primary N) is 1. The van der Waals surface area contributed by atoms with Crippen LogP contribution in [0.1, 0.15) is 41.6 Å². The van der Waals surface area contributed by atoms with Crippen LogP contribution in [0, 0.1) is 6.92 Å². The number of rotatable bonds is 4. The van der Waals surface area contributed by atoms with E-state index >= 15 is 0 Å². The monoisotopic (exact) mass is 402 g/mol. The standard InChI is InChI=1S/C21H26N4O2.ClH/c1-14-7-8-15(20(26)23-18-11-9-16(22)10-12-18)13-19(14)25-21(27)24-17-5-3-2-4-6-17;/h2-8,13,16,18H,9-12,22H2,1H3,(H,23,26)(H2,24,25,27);1H. The summed E-state index contributed by atoms with van der Waals surface area (Å²) < 4.78 is 0. The van der Waals surface area contributed by atoms with Crippen molar-refractivity contribution in [1.82, 2.24) is 5.32 Å². The molecule has 0 bridgehead atoms. The minimum absolute atomic E-state index is 0. The molecule has 150 valence electrons. The van der Waals surface area contributed by atoms with Gasteiger partial charge in [0.25, 0.3) is 5.91 Å². The zero-order valence-corrected chi connectivity index (χ0v) is 16.7. The Hall–Kier alpha value is -2.57. The molecule has 3 amide bonds. The summed E-state index contributed by atoms with van der Waals surface area (Å²) in [6, 6.07) is 14.6. The molecule has 0 heterocycles. The highest BCUT2D eigenvalue weighted by molar-refractivity contribution is 6.02. The molecule has 0 spiro atoms. The molecule has 1 fully saturated rings. The third-order valence-corrected chi connectivity index (χ3v) is 4.89. The minimum atomic E-state index is -0.344. The summed E-state index contributed by atoms with van der Waals surface area (Å²) in [4.78, 5) is 24.8. The van der Waals surface area contributed by atoms with E-state index in [1.165, 1.54) is 0 Å². The zero-order valence-electron chi connectivity index (χ0n) is 15.9. The van der Waals surface area contributed by atoms with Crippen LogP contribution in [0.15, 0.2) is 48.5 Å². The molecule has 2 aromatic rings. The number of aryl methyl sites for hydroxylation is 1.